The first-order valence-corrected chi connectivity index (χ1v) is 9.50. The first-order chi connectivity index (χ1) is 12.7. The summed E-state index contributed by atoms with van der Waals surface area (Å²) in [5.41, 5.74) is 1.23. The van der Waals surface area contributed by atoms with E-state index in [0.29, 0.717) is 24.9 Å². The number of benzene rings is 1. The molecule has 2 aliphatic heterocycles. The normalized spacial score (nSPS) is 20.2. The Bertz CT molecular complexity index is 780. The number of nitrogens with zero attached hydrogens (tertiary/aromatic N) is 4. The van der Waals surface area contributed by atoms with Crippen molar-refractivity contribution in [3.63, 3.8) is 0 Å². The molecule has 0 spiro atoms. The summed E-state index contributed by atoms with van der Waals surface area (Å²) in [5, 5.41) is 10.5. The highest BCUT2D eigenvalue weighted by Gasteiger charge is 2.30. The standard InChI is InChI=1S/C18H20BrN5O2/c19-13-3-4-14-15(5-11-26-16(14)12-13)23-7-9-24(10-8-23)18(25)21-17-2-1-6-20-22-17/h1-4,6,12,15H,5,7-11H2,(H,21,22,25). The molecule has 0 aliphatic carbocycles. The van der Waals surface area contributed by atoms with Gasteiger partial charge in [-0.15, -0.1) is 5.10 Å². The Hall–Kier alpha value is -2.19. The Kier molecular flexibility index (Phi) is 5.03. The highest BCUT2D eigenvalue weighted by Crippen LogP contribution is 2.37. The van der Waals surface area contributed by atoms with Gasteiger partial charge in [0.15, 0.2) is 5.82 Å². The number of halogens is 1. The summed E-state index contributed by atoms with van der Waals surface area (Å²) in [5.74, 6) is 1.43. The zero-order valence-corrected chi connectivity index (χ0v) is 15.9. The molecule has 2 aromatic rings. The van der Waals surface area contributed by atoms with Crippen molar-refractivity contribution < 1.29 is 9.53 Å². The van der Waals surface area contributed by atoms with Gasteiger partial charge in [-0.1, -0.05) is 22.0 Å². The summed E-state index contributed by atoms with van der Waals surface area (Å²) < 4.78 is 6.84. The number of nitrogens with one attached hydrogen (secondary N) is 1. The monoisotopic (exact) mass is 417 g/mol. The zero-order chi connectivity index (χ0) is 17.9. The van der Waals surface area contributed by atoms with Crippen molar-refractivity contribution in [1.29, 1.82) is 0 Å². The summed E-state index contributed by atoms with van der Waals surface area (Å²) in [6, 6.07) is 9.94. The lowest BCUT2D eigenvalue weighted by atomic mass is 9.98. The number of carbonyl (C=O) groups excluding carboxylic acids is 1. The second kappa shape index (κ2) is 7.59. The maximum atomic E-state index is 12.4. The van der Waals surface area contributed by atoms with Crippen molar-refractivity contribution in [2.24, 2.45) is 0 Å². The van der Waals surface area contributed by atoms with Gasteiger partial charge < -0.3 is 9.64 Å². The van der Waals surface area contributed by atoms with E-state index in [2.05, 4.69) is 48.5 Å². The molecule has 3 heterocycles. The number of hydrogen-bond donors (Lipinski definition) is 1. The quantitative estimate of drug-likeness (QED) is 0.812. The molecule has 0 saturated carbocycles. The van der Waals surface area contributed by atoms with E-state index in [1.807, 2.05) is 11.0 Å². The van der Waals surface area contributed by atoms with Crippen molar-refractivity contribution in [1.82, 2.24) is 20.0 Å². The number of rotatable bonds is 2. The molecule has 7 nitrogen and oxygen atoms in total. The number of piperazine rings is 1. The first-order valence-electron chi connectivity index (χ1n) is 8.70. The third kappa shape index (κ3) is 3.66. The SMILES string of the molecule is O=C(Nc1cccnn1)N1CCN(C2CCOc3cc(Br)ccc32)CC1. The number of anilines is 1. The van der Waals surface area contributed by atoms with Gasteiger partial charge in [0.2, 0.25) is 0 Å². The molecule has 136 valence electrons. The largest absolute Gasteiger partial charge is 0.493 e. The Balaban J connectivity index is 1.38. The molecule has 1 fully saturated rings. The van der Waals surface area contributed by atoms with Crippen LogP contribution in [0.2, 0.25) is 0 Å². The molecule has 4 rings (SSSR count). The molecule has 2 amide bonds. The molecule has 1 atom stereocenters. The van der Waals surface area contributed by atoms with E-state index in [1.165, 1.54) is 5.56 Å². The summed E-state index contributed by atoms with van der Waals surface area (Å²) in [4.78, 5) is 16.7. The predicted octanol–water partition coefficient (Wildman–Crippen LogP) is 2.91. The van der Waals surface area contributed by atoms with Crippen LogP contribution >= 0.6 is 15.9 Å². The van der Waals surface area contributed by atoms with E-state index in [0.717, 1.165) is 36.3 Å². The fourth-order valence-electron chi connectivity index (χ4n) is 3.52. The van der Waals surface area contributed by atoms with Gasteiger partial charge >= 0.3 is 6.03 Å². The summed E-state index contributed by atoms with van der Waals surface area (Å²) in [6.07, 6.45) is 2.55. The lowest BCUT2D eigenvalue weighted by Crippen LogP contribution is -2.51. The lowest BCUT2D eigenvalue weighted by molar-refractivity contribution is 0.0886. The number of hydrogen-bond acceptors (Lipinski definition) is 5. The maximum absolute atomic E-state index is 12.4. The molecular weight excluding hydrogens is 398 g/mol. The van der Waals surface area contributed by atoms with Gasteiger partial charge in [-0.3, -0.25) is 10.2 Å². The van der Waals surface area contributed by atoms with E-state index in [9.17, 15) is 4.79 Å². The molecule has 1 unspecified atom stereocenters. The molecule has 0 bridgehead atoms. The van der Waals surface area contributed by atoms with Crippen LogP contribution in [0.5, 0.6) is 5.75 Å². The molecule has 0 radical (unpaired) electrons. The van der Waals surface area contributed by atoms with Crippen molar-refractivity contribution in [3.05, 3.63) is 46.6 Å². The van der Waals surface area contributed by atoms with Crippen LogP contribution in [0.4, 0.5) is 10.6 Å². The Labute approximate surface area is 160 Å². The molecule has 1 aromatic carbocycles. The van der Waals surface area contributed by atoms with Crippen LogP contribution in [0.1, 0.15) is 18.0 Å². The van der Waals surface area contributed by atoms with Crippen LogP contribution in [0.15, 0.2) is 41.0 Å². The summed E-state index contributed by atoms with van der Waals surface area (Å²) >= 11 is 3.50. The maximum Gasteiger partial charge on any atom is 0.323 e. The first kappa shape index (κ1) is 17.2. The van der Waals surface area contributed by atoms with Crippen molar-refractivity contribution in [2.75, 3.05) is 38.1 Å². The Morgan fingerprint density at radius 3 is 2.85 bits per heavy atom. The fraction of sp³-hybridized carbons (Fsp3) is 0.389. The predicted molar refractivity (Wildman–Crippen MR) is 101 cm³/mol. The van der Waals surface area contributed by atoms with E-state index < -0.39 is 0 Å². The molecule has 2 aliphatic rings. The van der Waals surface area contributed by atoms with Gasteiger partial charge in [-0.25, -0.2) is 4.79 Å². The van der Waals surface area contributed by atoms with Gasteiger partial charge in [0, 0.05) is 54.9 Å². The molecule has 1 aromatic heterocycles. The van der Waals surface area contributed by atoms with Crippen molar-refractivity contribution in [2.45, 2.75) is 12.5 Å². The number of fused-ring (bicyclic) bond motifs is 1. The molecule has 8 heteroatoms. The van der Waals surface area contributed by atoms with Gasteiger partial charge in [0.1, 0.15) is 5.75 Å². The molecule has 1 saturated heterocycles. The third-order valence-corrected chi connectivity index (χ3v) is 5.33. The molecular formula is C18H20BrN5O2. The van der Waals surface area contributed by atoms with E-state index >= 15 is 0 Å². The minimum Gasteiger partial charge on any atom is -0.493 e. The van der Waals surface area contributed by atoms with Crippen molar-refractivity contribution >= 4 is 27.8 Å². The minimum atomic E-state index is -0.124. The van der Waals surface area contributed by atoms with E-state index in [-0.39, 0.29) is 6.03 Å². The van der Waals surface area contributed by atoms with Gasteiger partial charge in [0.25, 0.3) is 0 Å². The summed E-state index contributed by atoms with van der Waals surface area (Å²) in [7, 11) is 0. The van der Waals surface area contributed by atoms with Crippen LogP contribution in [0.25, 0.3) is 0 Å². The molecule has 1 N–H and O–H groups in total. The second-order valence-electron chi connectivity index (χ2n) is 6.40. The van der Waals surface area contributed by atoms with Crippen LogP contribution in [-0.4, -0.2) is 58.8 Å². The van der Waals surface area contributed by atoms with Crippen LogP contribution in [0, 0.1) is 0 Å². The van der Waals surface area contributed by atoms with E-state index in [1.54, 1.807) is 18.3 Å². The smallest absolute Gasteiger partial charge is 0.323 e. The van der Waals surface area contributed by atoms with Crippen LogP contribution in [0.3, 0.4) is 0 Å². The second-order valence-corrected chi connectivity index (χ2v) is 7.31. The number of aromatic nitrogens is 2. The fourth-order valence-corrected chi connectivity index (χ4v) is 3.86. The summed E-state index contributed by atoms with van der Waals surface area (Å²) in [6.45, 7) is 3.79. The minimum absolute atomic E-state index is 0.124. The third-order valence-electron chi connectivity index (χ3n) is 4.83. The Morgan fingerprint density at radius 2 is 2.08 bits per heavy atom. The number of urea groups is 1. The van der Waals surface area contributed by atoms with Crippen molar-refractivity contribution in [3.8, 4) is 5.75 Å². The topological polar surface area (TPSA) is 70.6 Å². The average molecular weight is 418 g/mol. The number of ether oxygens (including phenoxy) is 1. The number of carbonyl (C=O) groups is 1. The average Bonchev–Trinajstić information content (AvgIpc) is 2.68. The van der Waals surface area contributed by atoms with Crippen LogP contribution in [-0.2, 0) is 0 Å². The van der Waals surface area contributed by atoms with Gasteiger partial charge in [0.05, 0.1) is 6.61 Å². The number of amides is 2. The van der Waals surface area contributed by atoms with E-state index in [4.69, 9.17) is 4.74 Å². The van der Waals surface area contributed by atoms with Crippen LogP contribution < -0.4 is 10.1 Å². The zero-order valence-electron chi connectivity index (χ0n) is 14.3. The van der Waals surface area contributed by atoms with Gasteiger partial charge in [-0.05, 0) is 24.3 Å². The van der Waals surface area contributed by atoms with Gasteiger partial charge in [-0.2, -0.15) is 5.10 Å². The lowest BCUT2D eigenvalue weighted by Gasteiger charge is -2.41. The highest BCUT2D eigenvalue weighted by atomic mass is 79.9. The highest BCUT2D eigenvalue weighted by molar-refractivity contribution is 9.10. The Morgan fingerprint density at radius 1 is 1.23 bits per heavy atom. The molecule has 26 heavy (non-hydrogen) atoms.